The summed E-state index contributed by atoms with van der Waals surface area (Å²) >= 11 is 1.68. The standard InChI is InChI=1S/C7H5NS.HO2SSi/c1-2-4-7-6(3-1)8-5-9-7;1-3(2)4/h1-5H;(H,1,2)/p-1. The fourth-order valence-corrected chi connectivity index (χ4v) is 1.48. The number of hydrogen-bond acceptors (Lipinski definition) is 4. The summed E-state index contributed by atoms with van der Waals surface area (Å²) in [4.78, 5) is 4.14. The Kier molecular flexibility index (Phi) is 4.23. The summed E-state index contributed by atoms with van der Waals surface area (Å²) in [5.74, 6) is 0. The zero-order chi connectivity index (χ0) is 9.68. The number of hydrogen-bond donors (Lipinski definition) is 0. The monoisotopic (exact) mass is 227 g/mol. The van der Waals surface area contributed by atoms with Gasteiger partial charge in [-0.05, 0) is 12.1 Å². The quantitative estimate of drug-likeness (QED) is 0.502. The van der Waals surface area contributed by atoms with E-state index in [1.807, 2.05) is 23.7 Å². The van der Waals surface area contributed by atoms with E-state index in [1.165, 1.54) is 4.70 Å². The first-order chi connectivity index (χ1) is 6.20. The SMILES string of the molecule is O=S([O-])[Si].c1ccc2scnc2c1. The molecule has 13 heavy (non-hydrogen) atoms. The Balaban J connectivity index is 0.000000184. The highest BCUT2D eigenvalue weighted by molar-refractivity contribution is 8.01. The molecule has 6 heteroatoms. The van der Waals surface area contributed by atoms with E-state index >= 15 is 0 Å². The molecule has 1 heterocycles. The fraction of sp³-hybridized carbons (Fsp3) is 0. The van der Waals surface area contributed by atoms with Crippen molar-refractivity contribution in [3.8, 4) is 0 Å². The van der Waals surface area contributed by atoms with E-state index in [-0.39, 0.29) is 0 Å². The van der Waals surface area contributed by atoms with Gasteiger partial charge in [-0.1, -0.05) is 22.7 Å². The van der Waals surface area contributed by atoms with E-state index in [4.69, 9.17) is 8.76 Å². The Bertz CT molecular complexity index is 370. The average molecular weight is 227 g/mol. The number of aromatic nitrogens is 1. The van der Waals surface area contributed by atoms with Gasteiger partial charge in [0, 0.05) is 0 Å². The first-order valence-electron chi connectivity index (χ1n) is 3.29. The molecular weight excluding hydrogens is 222 g/mol. The maximum atomic E-state index is 8.91. The van der Waals surface area contributed by atoms with E-state index in [2.05, 4.69) is 20.4 Å². The number of benzene rings is 1. The minimum absolute atomic E-state index is 1.10. The minimum Gasteiger partial charge on any atom is -0.778 e. The highest BCUT2D eigenvalue weighted by Crippen LogP contribution is 2.15. The van der Waals surface area contributed by atoms with E-state index in [9.17, 15) is 0 Å². The van der Waals surface area contributed by atoms with Gasteiger partial charge < -0.3 is 4.55 Å². The molecule has 1 aromatic heterocycles. The maximum Gasteiger partial charge on any atom is 0.147 e. The lowest BCUT2D eigenvalue weighted by Crippen LogP contribution is -1.77. The number of para-hydroxylation sites is 1. The molecule has 3 nitrogen and oxygen atoms in total. The molecule has 0 aliphatic rings. The lowest BCUT2D eigenvalue weighted by molar-refractivity contribution is 0.552. The highest BCUT2D eigenvalue weighted by atomic mass is 32.4. The third kappa shape index (κ3) is 3.77. The Labute approximate surface area is 85.2 Å². The molecular formula is C7H5NO2S2Si-. The van der Waals surface area contributed by atoms with Crippen molar-refractivity contribution in [1.29, 1.82) is 0 Å². The first-order valence-corrected chi connectivity index (χ1v) is 6.47. The van der Waals surface area contributed by atoms with Crippen molar-refractivity contribution in [1.82, 2.24) is 4.98 Å². The van der Waals surface area contributed by atoms with Crippen LogP contribution in [0, 0.1) is 0 Å². The van der Waals surface area contributed by atoms with Gasteiger partial charge in [-0.3, -0.25) is 4.21 Å². The molecule has 67 valence electrons. The van der Waals surface area contributed by atoms with Crippen LogP contribution in [0.3, 0.4) is 0 Å². The zero-order valence-electron chi connectivity index (χ0n) is 6.47. The van der Waals surface area contributed by atoms with Crippen molar-refractivity contribution in [3.05, 3.63) is 29.8 Å². The summed E-state index contributed by atoms with van der Waals surface area (Å²) in [5.41, 5.74) is 2.97. The van der Waals surface area contributed by atoms with E-state index in [0.29, 0.717) is 0 Å². The molecule has 0 amide bonds. The molecule has 1 atom stereocenters. The van der Waals surface area contributed by atoms with Gasteiger partial charge in [-0.25, -0.2) is 4.98 Å². The van der Waals surface area contributed by atoms with Gasteiger partial charge in [-0.2, -0.15) is 0 Å². The topological polar surface area (TPSA) is 53.0 Å². The Morgan fingerprint density at radius 2 is 2.08 bits per heavy atom. The third-order valence-electron chi connectivity index (χ3n) is 1.24. The second-order valence-electron chi connectivity index (χ2n) is 2.05. The molecule has 0 saturated carbocycles. The predicted octanol–water partition coefficient (Wildman–Crippen LogP) is 1.25. The molecule has 0 aliphatic carbocycles. The van der Waals surface area contributed by atoms with Crippen LogP contribution in [-0.4, -0.2) is 23.1 Å². The van der Waals surface area contributed by atoms with Gasteiger partial charge in [0.05, 0.1) is 15.7 Å². The van der Waals surface area contributed by atoms with Crippen LogP contribution in [0.4, 0.5) is 0 Å². The highest BCUT2D eigenvalue weighted by Gasteiger charge is 1.89. The summed E-state index contributed by atoms with van der Waals surface area (Å²) in [7, 11) is 0.173. The van der Waals surface area contributed by atoms with E-state index in [0.717, 1.165) is 5.52 Å². The molecule has 3 radical (unpaired) electrons. The molecule has 2 aromatic rings. The molecule has 0 saturated heterocycles. The summed E-state index contributed by atoms with van der Waals surface area (Å²) < 4.78 is 19.1. The second kappa shape index (κ2) is 5.23. The van der Waals surface area contributed by atoms with Gasteiger partial charge in [0.25, 0.3) is 0 Å². The van der Waals surface area contributed by atoms with Crippen LogP contribution in [0.2, 0.25) is 0 Å². The van der Waals surface area contributed by atoms with Crippen molar-refractivity contribution in [2.45, 2.75) is 0 Å². The first kappa shape index (κ1) is 10.5. The Hall–Kier alpha value is -0.563. The molecule has 0 aliphatic heterocycles. The van der Waals surface area contributed by atoms with Gasteiger partial charge in [0.1, 0.15) is 9.39 Å². The van der Waals surface area contributed by atoms with Gasteiger partial charge in [-0.15, -0.1) is 11.3 Å². The van der Waals surface area contributed by atoms with Crippen LogP contribution in [0.5, 0.6) is 0 Å². The fourth-order valence-electron chi connectivity index (χ4n) is 0.803. The second-order valence-corrected chi connectivity index (χ2v) is 4.41. The molecule has 0 spiro atoms. The van der Waals surface area contributed by atoms with Crippen LogP contribution >= 0.6 is 11.3 Å². The minimum atomic E-state index is -2.06. The smallest absolute Gasteiger partial charge is 0.147 e. The molecule has 1 aromatic carbocycles. The summed E-state index contributed by atoms with van der Waals surface area (Å²) in [6.45, 7) is 0. The third-order valence-corrected chi connectivity index (χ3v) is 2.05. The van der Waals surface area contributed by atoms with Crippen LogP contribution in [0.15, 0.2) is 29.8 Å². The van der Waals surface area contributed by atoms with Crippen LogP contribution < -0.4 is 0 Å². The van der Waals surface area contributed by atoms with E-state index in [1.54, 1.807) is 11.3 Å². The molecule has 0 bridgehead atoms. The normalized spacial score (nSPS) is 11.8. The van der Waals surface area contributed by atoms with E-state index < -0.39 is 10.5 Å². The largest absolute Gasteiger partial charge is 0.778 e. The Morgan fingerprint density at radius 1 is 1.46 bits per heavy atom. The summed E-state index contributed by atoms with van der Waals surface area (Å²) in [6, 6.07) is 8.13. The van der Waals surface area contributed by atoms with Crippen molar-refractivity contribution in [2.24, 2.45) is 0 Å². The van der Waals surface area contributed by atoms with Gasteiger partial charge >= 0.3 is 0 Å². The number of rotatable bonds is 0. The average Bonchev–Trinajstić information content (AvgIpc) is 2.49. The number of thiazole rings is 1. The van der Waals surface area contributed by atoms with Crippen molar-refractivity contribution < 1.29 is 8.76 Å². The number of nitrogens with zero attached hydrogens (tertiary/aromatic N) is 1. The summed E-state index contributed by atoms with van der Waals surface area (Å²) in [5, 5.41) is 0. The van der Waals surface area contributed by atoms with Gasteiger partial charge in [0.2, 0.25) is 0 Å². The van der Waals surface area contributed by atoms with Crippen molar-refractivity contribution in [3.63, 3.8) is 0 Å². The van der Waals surface area contributed by atoms with Crippen LogP contribution in [-0.2, 0) is 10.5 Å². The molecule has 1 unspecified atom stereocenters. The Morgan fingerprint density at radius 3 is 2.69 bits per heavy atom. The summed E-state index contributed by atoms with van der Waals surface area (Å²) in [6.07, 6.45) is 0. The van der Waals surface area contributed by atoms with Crippen molar-refractivity contribution >= 4 is 41.5 Å². The van der Waals surface area contributed by atoms with Crippen LogP contribution in [0.1, 0.15) is 0 Å². The van der Waals surface area contributed by atoms with Crippen LogP contribution in [0.25, 0.3) is 10.2 Å². The number of fused-ring (bicyclic) bond motifs is 1. The lowest BCUT2D eigenvalue weighted by Gasteiger charge is -1.84. The predicted molar refractivity (Wildman–Crippen MR) is 54.3 cm³/mol. The molecule has 2 rings (SSSR count). The van der Waals surface area contributed by atoms with Crippen molar-refractivity contribution in [2.75, 3.05) is 0 Å². The zero-order valence-corrected chi connectivity index (χ0v) is 9.10. The maximum absolute atomic E-state index is 8.91. The molecule has 0 fully saturated rings. The van der Waals surface area contributed by atoms with Gasteiger partial charge in [0.15, 0.2) is 0 Å². The lowest BCUT2D eigenvalue weighted by atomic mass is 10.3. The molecule has 0 N–H and O–H groups in total.